The lowest BCUT2D eigenvalue weighted by molar-refractivity contribution is 0.661. The van der Waals surface area contributed by atoms with Gasteiger partial charge >= 0.3 is 0 Å². The number of benzene rings is 9. The molecule has 0 fully saturated rings. The highest BCUT2D eigenvalue weighted by molar-refractivity contribution is 6.19. The number of rotatable bonds is 5. The highest BCUT2D eigenvalue weighted by atomic mass is 16.3. The van der Waals surface area contributed by atoms with Crippen LogP contribution in [0.3, 0.4) is 0 Å². The van der Waals surface area contributed by atoms with Gasteiger partial charge in [0.25, 0.3) is 0 Å². The number of para-hydroxylation sites is 2. The molecular weight excluding hydrogens is 707 g/mol. The molecule has 2 heterocycles. The average molecular weight is 744 g/mol. The van der Waals surface area contributed by atoms with Crippen LogP contribution in [0.1, 0.15) is 25.0 Å². The van der Waals surface area contributed by atoms with E-state index in [4.69, 9.17) is 8.83 Å². The van der Waals surface area contributed by atoms with E-state index in [-0.39, 0.29) is 5.41 Å². The van der Waals surface area contributed by atoms with Gasteiger partial charge in [-0.25, -0.2) is 0 Å². The smallest absolute Gasteiger partial charge is 0.143 e. The number of fused-ring (bicyclic) bond motifs is 11. The van der Waals surface area contributed by atoms with Crippen molar-refractivity contribution in [3.63, 3.8) is 0 Å². The first-order chi connectivity index (χ1) is 28.5. The molecule has 0 bridgehead atoms. The van der Waals surface area contributed by atoms with Crippen LogP contribution in [0.2, 0.25) is 0 Å². The van der Waals surface area contributed by atoms with Crippen molar-refractivity contribution in [1.82, 2.24) is 0 Å². The van der Waals surface area contributed by atoms with E-state index in [2.05, 4.69) is 195 Å². The molecule has 58 heavy (non-hydrogen) atoms. The van der Waals surface area contributed by atoms with E-state index in [1.54, 1.807) is 0 Å². The van der Waals surface area contributed by atoms with Gasteiger partial charge in [0.2, 0.25) is 0 Å². The summed E-state index contributed by atoms with van der Waals surface area (Å²) in [6, 6.07) is 67.7. The van der Waals surface area contributed by atoms with Gasteiger partial charge < -0.3 is 13.7 Å². The predicted molar refractivity (Wildman–Crippen MR) is 242 cm³/mol. The molecule has 0 atom stereocenters. The molecule has 0 N–H and O–H groups in total. The average Bonchev–Trinajstić information content (AvgIpc) is 3.93. The number of nitrogens with zero attached hydrogens (tertiary/aromatic N) is 1. The number of hydrogen-bond donors (Lipinski definition) is 0. The van der Waals surface area contributed by atoms with E-state index in [0.717, 1.165) is 82.9 Å². The molecule has 3 nitrogen and oxygen atoms in total. The van der Waals surface area contributed by atoms with Crippen molar-refractivity contribution in [2.24, 2.45) is 0 Å². The maximum atomic E-state index is 6.62. The van der Waals surface area contributed by atoms with Crippen LogP contribution in [0, 0.1) is 0 Å². The maximum Gasteiger partial charge on any atom is 0.143 e. The second-order valence-electron chi connectivity index (χ2n) is 16.0. The van der Waals surface area contributed by atoms with Crippen molar-refractivity contribution in [3.8, 4) is 33.4 Å². The molecule has 2 aromatic heterocycles. The summed E-state index contributed by atoms with van der Waals surface area (Å²) in [7, 11) is 0. The van der Waals surface area contributed by atoms with Crippen LogP contribution in [0.5, 0.6) is 0 Å². The molecule has 3 heteroatoms. The molecule has 1 aliphatic carbocycles. The van der Waals surface area contributed by atoms with E-state index in [9.17, 15) is 0 Å². The van der Waals surface area contributed by atoms with Crippen LogP contribution >= 0.6 is 0 Å². The minimum atomic E-state index is -0.209. The second kappa shape index (κ2) is 12.3. The van der Waals surface area contributed by atoms with Crippen molar-refractivity contribution in [3.05, 3.63) is 199 Å². The maximum absolute atomic E-state index is 6.62. The zero-order valence-electron chi connectivity index (χ0n) is 32.2. The first-order valence-corrected chi connectivity index (χ1v) is 20.0. The van der Waals surface area contributed by atoms with Crippen molar-refractivity contribution >= 4 is 71.7 Å². The third-order valence-electron chi connectivity index (χ3n) is 12.4. The molecule has 11 aromatic rings. The fourth-order valence-corrected chi connectivity index (χ4v) is 9.80. The SMILES string of the molecule is CC1(C)c2ccccc2-c2cccc(N(c3ccc(-c4cccc5c4oc4ccccc45)cc3)c3cccc(-c4cccc5oc6c7ccccc7ccc6c45)c3)c21. The van der Waals surface area contributed by atoms with Gasteiger partial charge in [-0.1, -0.05) is 153 Å². The zero-order valence-corrected chi connectivity index (χ0v) is 32.2. The molecule has 1 aliphatic rings. The van der Waals surface area contributed by atoms with Gasteiger partial charge in [0.05, 0.1) is 5.69 Å². The molecule has 0 aliphatic heterocycles. The van der Waals surface area contributed by atoms with Crippen LogP contribution < -0.4 is 4.90 Å². The first-order valence-electron chi connectivity index (χ1n) is 20.0. The summed E-state index contributed by atoms with van der Waals surface area (Å²) in [6.07, 6.45) is 0. The van der Waals surface area contributed by atoms with Gasteiger partial charge in [0, 0.05) is 49.3 Å². The fraction of sp³-hybridized carbons (Fsp3) is 0.0545. The second-order valence-corrected chi connectivity index (χ2v) is 16.0. The largest absolute Gasteiger partial charge is 0.455 e. The zero-order chi connectivity index (χ0) is 38.5. The lowest BCUT2D eigenvalue weighted by Gasteiger charge is -2.32. The Balaban J connectivity index is 1.05. The predicted octanol–water partition coefficient (Wildman–Crippen LogP) is 15.7. The van der Waals surface area contributed by atoms with Gasteiger partial charge in [-0.3, -0.25) is 0 Å². The molecule has 0 unspecified atom stereocenters. The number of furan rings is 2. The van der Waals surface area contributed by atoms with Gasteiger partial charge in [-0.05, 0) is 92.9 Å². The van der Waals surface area contributed by atoms with E-state index in [0.29, 0.717) is 0 Å². The Morgan fingerprint density at radius 2 is 1.09 bits per heavy atom. The third kappa shape index (κ3) is 4.74. The van der Waals surface area contributed by atoms with E-state index < -0.39 is 0 Å². The molecular formula is C55H37NO2. The van der Waals surface area contributed by atoms with Crippen LogP contribution in [0.15, 0.2) is 197 Å². The highest BCUT2D eigenvalue weighted by Gasteiger charge is 2.38. The van der Waals surface area contributed by atoms with Gasteiger partial charge in [-0.15, -0.1) is 0 Å². The number of anilines is 3. The molecule has 0 saturated heterocycles. The van der Waals surface area contributed by atoms with Crippen molar-refractivity contribution in [2.45, 2.75) is 19.3 Å². The molecule has 0 spiro atoms. The Morgan fingerprint density at radius 3 is 2.00 bits per heavy atom. The normalized spacial score (nSPS) is 13.1. The van der Waals surface area contributed by atoms with E-state index in [1.165, 1.54) is 33.3 Å². The standard InChI is InChI=1S/C55H37NO2/c1-55(2)47-23-7-5-17-42(47)44-21-11-24-48(52(44)55)56(37-30-27-35(28-31-37)41-20-10-22-45-43-18-6-8-25-49(43)57-53(41)45)38-15-9-14-36(33-38)39-19-12-26-50-51(39)46-32-29-34-13-3-4-16-40(34)54(46)58-50/h3-33H,1-2H3. The monoisotopic (exact) mass is 743 g/mol. The lowest BCUT2D eigenvalue weighted by Crippen LogP contribution is -2.20. The summed E-state index contributed by atoms with van der Waals surface area (Å²) < 4.78 is 13.1. The first kappa shape index (κ1) is 32.8. The summed E-state index contributed by atoms with van der Waals surface area (Å²) in [5.41, 5.74) is 16.5. The molecule has 0 amide bonds. The third-order valence-corrected chi connectivity index (χ3v) is 12.4. The molecule has 0 saturated carbocycles. The minimum Gasteiger partial charge on any atom is -0.455 e. The van der Waals surface area contributed by atoms with E-state index >= 15 is 0 Å². The Morgan fingerprint density at radius 1 is 0.414 bits per heavy atom. The van der Waals surface area contributed by atoms with Gasteiger partial charge in [-0.2, -0.15) is 0 Å². The van der Waals surface area contributed by atoms with Crippen LogP contribution in [0.4, 0.5) is 17.1 Å². The lowest BCUT2D eigenvalue weighted by atomic mass is 9.81. The van der Waals surface area contributed by atoms with Crippen molar-refractivity contribution in [2.75, 3.05) is 4.90 Å². The van der Waals surface area contributed by atoms with Crippen molar-refractivity contribution < 1.29 is 8.83 Å². The highest BCUT2D eigenvalue weighted by Crippen LogP contribution is 2.54. The fourth-order valence-electron chi connectivity index (χ4n) is 9.80. The quantitative estimate of drug-likeness (QED) is 0.176. The van der Waals surface area contributed by atoms with E-state index in [1.807, 2.05) is 12.1 Å². The van der Waals surface area contributed by atoms with Gasteiger partial charge in [0.1, 0.15) is 22.3 Å². The van der Waals surface area contributed by atoms with Gasteiger partial charge in [0.15, 0.2) is 0 Å². The van der Waals surface area contributed by atoms with Crippen molar-refractivity contribution in [1.29, 1.82) is 0 Å². The summed E-state index contributed by atoms with van der Waals surface area (Å²) in [5, 5.41) is 6.83. The summed E-state index contributed by atoms with van der Waals surface area (Å²) >= 11 is 0. The summed E-state index contributed by atoms with van der Waals surface area (Å²) in [5.74, 6) is 0. The summed E-state index contributed by atoms with van der Waals surface area (Å²) in [6.45, 7) is 4.72. The van der Waals surface area contributed by atoms with Crippen LogP contribution in [-0.4, -0.2) is 0 Å². The Labute approximate surface area is 336 Å². The Bertz CT molecular complexity index is 3440. The molecule has 12 rings (SSSR count). The van der Waals surface area contributed by atoms with Crippen LogP contribution in [-0.2, 0) is 5.41 Å². The van der Waals surface area contributed by atoms with Crippen LogP contribution in [0.25, 0.3) is 88.0 Å². The number of hydrogen-bond acceptors (Lipinski definition) is 3. The molecule has 0 radical (unpaired) electrons. The Hall–Kier alpha value is -7.36. The topological polar surface area (TPSA) is 29.5 Å². The summed E-state index contributed by atoms with van der Waals surface area (Å²) in [4.78, 5) is 2.45. The molecule has 274 valence electrons. The Kier molecular flexibility index (Phi) is 6.98. The minimum absolute atomic E-state index is 0.209. The molecule has 9 aromatic carbocycles.